The lowest BCUT2D eigenvalue weighted by atomic mass is 10.1. The van der Waals surface area contributed by atoms with Gasteiger partial charge in [-0.3, -0.25) is 24.1 Å². The monoisotopic (exact) mass is 535 g/mol. The molecule has 0 atom stereocenters. The molecular formula is C22H22BrN3O6S. The van der Waals surface area contributed by atoms with Crippen molar-refractivity contribution in [3.8, 4) is 0 Å². The maximum Gasteiger partial charge on any atom is 0.325 e. The average Bonchev–Trinajstić information content (AvgIpc) is 3.25. The molecular weight excluding hydrogens is 514 g/mol. The average molecular weight is 536 g/mol. The zero-order valence-electron chi connectivity index (χ0n) is 17.9. The van der Waals surface area contributed by atoms with E-state index in [4.69, 9.17) is 9.47 Å². The number of nitrogens with zero attached hydrogens (tertiary/aromatic N) is 3. The Morgan fingerprint density at radius 2 is 1.97 bits per heavy atom. The minimum Gasteiger partial charge on any atom is -0.465 e. The topological polar surface area (TPSA) is 98.2 Å². The number of thioether (sulfide) groups is 1. The lowest BCUT2D eigenvalue weighted by Crippen LogP contribution is -2.46. The van der Waals surface area contributed by atoms with Gasteiger partial charge < -0.3 is 18.9 Å². The van der Waals surface area contributed by atoms with E-state index in [0.717, 1.165) is 32.0 Å². The van der Waals surface area contributed by atoms with E-state index in [1.807, 2.05) is 18.2 Å². The van der Waals surface area contributed by atoms with Crippen molar-refractivity contribution < 1.29 is 28.7 Å². The molecule has 2 aliphatic rings. The molecule has 1 aromatic heterocycles. The SMILES string of the molecule is CCOC(=O)Cn1cc(/C=C2\SC(=O)N(CC(=O)N3CCOCC3)C2=O)c2cc(Br)ccc21. The molecule has 174 valence electrons. The number of carbonyl (C=O) groups is 4. The van der Waals surface area contributed by atoms with Gasteiger partial charge in [-0.15, -0.1) is 0 Å². The maximum absolute atomic E-state index is 12.9. The normalized spacial score (nSPS) is 17.9. The fourth-order valence-corrected chi connectivity index (χ4v) is 4.90. The molecule has 2 fully saturated rings. The van der Waals surface area contributed by atoms with Crippen molar-refractivity contribution in [1.29, 1.82) is 0 Å². The first-order valence-corrected chi connectivity index (χ1v) is 12.0. The van der Waals surface area contributed by atoms with E-state index < -0.39 is 11.1 Å². The van der Waals surface area contributed by atoms with Crippen LogP contribution in [0, 0.1) is 0 Å². The Balaban J connectivity index is 1.59. The summed E-state index contributed by atoms with van der Waals surface area (Å²) in [5, 5.41) is 0.328. The van der Waals surface area contributed by atoms with E-state index in [0.29, 0.717) is 31.9 Å². The van der Waals surface area contributed by atoms with Crippen molar-refractivity contribution in [3.05, 3.63) is 39.3 Å². The van der Waals surface area contributed by atoms with Crippen LogP contribution in [-0.2, 0) is 30.4 Å². The first-order chi connectivity index (χ1) is 15.9. The standard InChI is InChI=1S/C22H22BrN3O6S/c1-2-32-20(28)13-25-11-14(16-10-15(23)3-4-17(16)25)9-18-21(29)26(22(30)33-18)12-19(27)24-5-7-31-8-6-24/h3-4,9-11H,2,5-8,12-13H2,1H3/b18-9-. The molecule has 0 bridgehead atoms. The van der Waals surface area contributed by atoms with Gasteiger partial charge in [-0.2, -0.15) is 0 Å². The van der Waals surface area contributed by atoms with E-state index in [2.05, 4.69) is 15.9 Å². The summed E-state index contributed by atoms with van der Waals surface area (Å²) in [6, 6.07) is 5.61. The molecule has 0 saturated carbocycles. The van der Waals surface area contributed by atoms with Gasteiger partial charge in [0.15, 0.2) is 0 Å². The molecule has 2 aromatic rings. The van der Waals surface area contributed by atoms with Crippen molar-refractivity contribution in [2.45, 2.75) is 13.5 Å². The van der Waals surface area contributed by atoms with Gasteiger partial charge in [0.25, 0.3) is 11.1 Å². The largest absolute Gasteiger partial charge is 0.465 e. The molecule has 0 radical (unpaired) electrons. The van der Waals surface area contributed by atoms with Crippen LogP contribution in [0.5, 0.6) is 0 Å². The van der Waals surface area contributed by atoms with Gasteiger partial charge in [0.1, 0.15) is 13.1 Å². The van der Waals surface area contributed by atoms with E-state index in [9.17, 15) is 19.2 Å². The summed E-state index contributed by atoms with van der Waals surface area (Å²) in [7, 11) is 0. The number of imide groups is 1. The van der Waals surface area contributed by atoms with Crippen molar-refractivity contribution in [3.63, 3.8) is 0 Å². The predicted molar refractivity (Wildman–Crippen MR) is 126 cm³/mol. The Bertz CT molecular complexity index is 1150. The number of ether oxygens (including phenoxy) is 2. The predicted octanol–water partition coefficient (Wildman–Crippen LogP) is 2.86. The van der Waals surface area contributed by atoms with Crippen LogP contribution < -0.4 is 0 Å². The molecule has 0 aliphatic carbocycles. The van der Waals surface area contributed by atoms with E-state index >= 15 is 0 Å². The van der Waals surface area contributed by atoms with Gasteiger partial charge in [-0.05, 0) is 43.0 Å². The second kappa shape index (κ2) is 10.1. The molecule has 2 saturated heterocycles. The smallest absolute Gasteiger partial charge is 0.325 e. The number of benzene rings is 1. The van der Waals surface area contributed by atoms with Crippen LogP contribution in [0.1, 0.15) is 12.5 Å². The number of carbonyl (C=O) groups excluding carboxylic acids is 4. The van der Waals surface area contributed by atoms with Crippen LogP contribution in [0.2, 0.25) is 0 Å². The van der Waals surface area contributed by atoms with Crippen molar-refractivity contribution in [2.75, 3.05) is 39.5 Å². The highest BCUT2D eigenvalue weighted by atomic mass is 79.9. The van der Waals surface area contributed by atoms with Gasteiger partial charge in [-0.25, -0.2) is 0 Å². The molecule has 33 heavy (non-hydrogen) atoms. The number of rotatable bonds is 6. The molecule has 3 amide bonds. The Labute approximate surface area is 202 Å². The maximum atomic E-state index is 12.9. The first kappa shape index (κ1) is 23.5. The minimum absolute atomic E-state index is 0.0232. The summed E-state index contributed by atoms with van der Waals surface area (Å²) in [4.78, 5) is 52.8. The fourth-order valence-electron chi connectivity index (χ4n) is 3.71. The molecule has 0 spiro atoms. The van der Waals surface area contributed by atoms with Crippen LogP contribution in [0.4, 0.5) is 4.79 Å². The third kappa shape index (κ3) is 5.15. The molecule has 1 aromatic carbocycles. The van der Waals surface area contributed by atoms with Crippen LogP contribution in [0.25, 0.3) is 17.0 Å². The highest BCUT2D eigenvalue weighted by Crippen LogP contribution is 2.35. The Morgan fingerprint density at radius 1 is 1.21 bits per heavy atom. The Morgan fingerprint density at radius 3 is 2.70 bits per heavy atom. The number of amides is 3. The summed E-state index contributed by atoms with van der Waals surface area (Å²) < 4.78 is 12.9. The van der Waals surface area contributed by atoms with E-state index in [1.54, 1.807) is 28.7 Å². The number of morpholine rings is 1. The van der Waals surface area contributed by atoms with E-state index in [1.165, 1.54) is 0 Å². The quantitative estimate of drug-likeness (QED) is 0.414. The highest BCUT2D eigenvalue weighted by Gasteiger charge is 2.37. The summed E-state index contributed by atoms with van der Waals surface area (Å²) in [5.41, 5.74) is 1.47. The Hall–Kier alpha value is -2.63. The second-order valence-electron chi connectivity index (χ2n) is 7.44. The van der Waals surface area contributed by atoms with Crippen LogP contribution in [0.15, 0.2) is 33.8 Å². The molecule has 0 N–H and O–H groups in total. The molecule has 9 nitrogen and oxygen atoms in total. The number of aromatic nitrogens is 1. The molecule has 3 heterocycles. The first-order valence-electron chi connectivity index (χ1n) is 10.4. The molecule has 4 rings (SSSR count). The summed E-state index contributed by atoms with van der Waals surface area (Å²) in [6.45, 7) is 3.53. The number of halogens is 1. The van der Waals surface area contributed by atoms with Gasteiger partial charge in [-0.1, -0.05) is 15.9 Å². The lowest BCUT2D eigenvalue weighted by molar-refractivity contribution is -0.143. The summed E-state index contributed by atoms with van der Waals surface area (Å²) in [5.74, 6) is -1.16. The third-order valence-corrected chi connectivity index (χ3v) is 6.70. The van der Waals surface area contributed by atoms with Gasteiger partial charge in [0.05, 0.1) is 24.7 Å². The third-order valence-electron chi connectivity index (χ3n) is 5.30. The summed E-state index contributed by atoms with van der Waals surface area (Å²) >= 11 is 4.25. The van der Waals surface area contributed by atoms with Gasteiger partial charge >= 0.3 is 5.97 Å². The van der Waals surface area contributed by atoms with Crippen LogP contribution in [0.3, 0.4) is 0 Å². The zero-order valence-corrected chi connectivity index (χ0v) is 20.3. The van der Waals surface area contributed by atoms with E-state index in [-0.39, 0.29) is 36.5 Å². The zero-order chi connectivity index (χ0) is 23.5. The number of esters is 1. The van der Waals surface area contributed by atoms with Crippen molar-refractivity contribution >= 4 is 67.7 Å². The minimum atomic E-state index is -0.507. The fraction of sp³-hybridized carbons (Fsp3) is 0.364. The molecule has 2 aliphatic heterocycles. The van der Waals surface area contributed by atoms with Crippen molar-refractivity contribution in [1.82, 2.24) is 14.4 Å². The van der Waals surface area contributed by atoms with Gasteiger partial charge in [0.2, 0.25) is 5.91 Å². The number of fused-ring (bicyclic) bond motifs is 1. The summed E-state index contributed by atoms with van der Waals surface area (Å²) in [6.07, 6.45) is 3.38. The second-order valence-corrected chi connectivity index (χ2v) is 9.35. The molecule has 11 heteroatoms. The lowest BCUT2D eigenvalue weighted by Gasteiger charge is -2.28. The highest BCUT2D eigenvalue weighted by molar-refractivity contribution is 9.10. The number of hydrogen-bond donors (Lipinski definition) is 0. The van der Waals surface area contributed by atoms with Gasteiger partial charge in [0, 0.05) is 40.2 Å². The van der Waals surface area contributed by atoms with Crippen molar-refractivity contribution in [2.24, 2.45) is 0 Å². The van der Waals surface area contributed by atoms with Crippen LogP contribution in [-0.4, -0.2) is 76.8 Å². The molecule has 0 unspecified atom stereocenters. The Kier molecular flexibility index (Phi) is 7.20. The van der Waals surface area contributed by atoms with Crippen LogP contribution >= 0.6 is 27.7 Å². The number of hydrogen-bond acceptors (Lipinski definition) is 7.